The summed E-state index contributed by atoms with van der Waals surface area (Å²) in [6.07, 6.45) is -3.77. The number of hydrogen-bond acceptors (Lipinski definition) is 4. The van der Waals surface area contributed by atoms with E-state index < -0.39 is 65.3 Å². The second kappa shape index (κ2) is 10.3. The van der Waals surface area contributed by atoms with E-state index >= 15 is 0 Å². The molecule has 3 fully saturated rings. The van der Waals surface area contributed by atoms with Gasteiger partial charge in [0.15, 0.2) is 5.69 Å². The highest BCUT2D eigenvalue weighted by atomic mass is 35.5. The first-order valence-corrected chi connectivity index (χ1v) is 14.2. The first-order chi connectivity index (χ1) is 19.1. The molecule has 1 heterocycles. The monoisotopic (exact) mass is 599 g/mol. The number of carbonyl (C=O) groups is 2. The number of aliphatic carboxylic acids is 1. The number of amides is 1. The summed E-state index contributed by atoms with van der Waals surface area (Å²) in [6, 6.07) is 2.72. The van der Waals surface area contributed by atoms with Crippen molar-refractivity contribution in [2.75, 3.05) is 6.54 Å². The van der Waals surface area contributed by atoms with Gasteiger partial charge >= 0.3 is 12.1 Å². The molecule has 1 unspecified atom stereocenters. The van der Waals surface area contributed by atoms with E-state index in [9.17, 15) is 37.4 Å². The van der Waals surface area contributed by atoms with E-state index in [0.717, 1.165) is 16.9 Å². The molecular formula is C29H34ClF4N3O4. The summed E-state index contributed by atoms with van der Waals surface area (Å²) in [6.45, 7) is 5.37. The Bertz CT molecular complexity index is 1320. The van der Waals surface area contributed by atoms with Gasteiger partial charge in [-0.2, -0.15) is 18.3 Å². The second-order valence-electron chi connectivity index (χ2n) is 12.7. The zero-order valence-corrected chi connectivity index (χ0v) is 23.8. The van der Waals surface area contributed by atoms with E-state index in [2.05, 4.69) is 18.9 Å². The lowest BCUT2D eigenvalue weighted by atomic mass is 9.74. The first kappa shape index (κ1) is 29.8. The van der Waals surface area contributed by atoms with Crippen LogP contribution >= 0.6 is 11.6 Å². The number of fused-ring (bicyclic) bond motifs is 1. The van der Waals surface area contributed by atoms with Crippen LogP contribution in [0.5, 0.6) is 0 Å². The topological polar surface area (TPSA) is 95.7 Å². The zero-order valence-electron chi connectivity index (χ0n) is 23.1. The molecule has 0 aliphatic heterocycles. The normalized spacial score (nSPS) is 29.6. The lowest BCUT2D eigenvalue weighted by molar-refractivity contribution is -0.152. The van der Waals surface area contributed by atoms with Gasteiger partial charge in [-0.25, -0.2) is 4.39 Å². The van der Waals surface area contributed by atoms with Crippen molar-refractivity contribution in [2.24, 2.45) is 22.7 Å². The van der Waals surface area contributed by atoms with Gasteiger partial charge in [0.1, 0.15) is 11.9 Å². The van der Waals surface area contributed by atoms with Crippen LogP contribution in [0.25, 0.3) is 0 Å². The molecule has 7 nitrogen and oxygen atoms in total. The molecule has 12 heteroatoms. The van der Waals surface area contributed by atoms with Crippen molar-refractivity contribution in [2.45, 2.75) is 83.7 Å². The maximum atomic E-state index is 14.6. The zero-order chi connectivity index (χ0) is 30.1. The second-order valence-corrected chi connectivity index (χ2v) is 13.1. The summed E-state index contributed by atoms with van der Waals surface area (Å²) in [7, 11) is 0. The number of carbonyl (C=O) groups excluding carboxylic acids is 1. The molecule has 1 amide bonds. The minimum absolute atomic E-state index is 0.0465. The van der Waals surface area contributed by atoms with Crippen LogP contribution in [-0.2, 0) is 11.0 Å². The number of aliphatic hydroxyl groups excluding tert-OH is 1. The van der Waals surface area contributed by atoms with Crippen LogP contribution in [0.3, 0.4) is 0 Å². The lowest BCUT2D eigenvalue weighted by Gasteiger charge is -2.35. The Balaban J connectivity index is 1.47. The Morgan fingerprint density at radius 1 is 1.17 bits per heavy atom. The summed E-state index contributed by atoms with van der Waals surface area (Å²) in [5, 5.41) is 24.5. The van der Waals surface area contributed by atoms with Crippen molar-refractivity contribution in [1.82, 2.24) is 14.7 Å². The first-order valence-electron chi connectivity index (χ1n) is 13.9. The van der Waals surface area contributed by atoms with Crippen LogP contribution < -0.4 is 0 Å². The minimum atomic E-state index is -4.92. The van der Waals surface area contributed by atoms with Crippen LogP contribution in [0.15, 0.2) is 24.4 Å². The molecule has 2 N–H and O–H groups in total. The SMILES string of the molecule is CC1(C)[C@@H]2C[C@@H](N(CC(O)c3c(F)cccc3Cl)C(=O)c3cnn([C@H]4CC[C@](C)(C(=O)O)CC4)c3C(F)(F)F)C[C@@H]21. The highest BCUT2D eigenvalue weighted by Crippen LogP contribution is 2.67. The molecule has 0 radical (unpaired) electrons. The van der Waals surface area contributed by atoms with Crippen LogP contribution in [0.2, 0.25) is 5.02 Å². The minimum Gasteiger partial charge on any atom is -0.481 e. The van der Waals surface area contributed by atoms with E-state index in [4.69, 9.17) is 11.6 Å². The summed E-state index contributed by atoms with van der Waals surface area (Å²) < 4.78 is 59.0. The summed E-state index contributed by atoms with van der Waals surface area (Å²) >= 11 is 6.14. The highest BCUT2D eigenvalue weighted by molar-refractivity contribution is 6.31. The van der Waals surface area contributed by atoms with Gasteiger partial charge in [0.2, 0.25) is 0 Å². The number of hydrogen-bond donors (Lipinski definition) is 2. The molecule has 0 bridgehead atoms. The molecular weight excluding hydrogens is 566 g/mol. The Morgan fingerprint density at radius 3 is 2.32 bits per heavy atom. The molecule has 224 valence electrons. The van der Waals surface area contributed by atoms with E-state index in [1.807, 2.05) is 0 Å². The number of halogens is 5. The standard InChI is InChI=1S/C29H34ClF4N3O4/c1-27(2)18-11-16(12-19(18)27)36(14-22(38)23-20(30)5-4-6-21(23)31)25(39)17-13-35-37(24(17)29(32,33)34)15-7-9-28(3,10-8-15)26(40)41/h4-6,13,15-16,18-19,22,38H,7-12,14H2,1-3H3,(H,40,41)/t15-,16-,18-,19+,22?,28-. The highest BCUT2D eigenvalue weighted by Gasteiger charge is 2.63. The van der Waals surface area contributed by atoms with Crippen molar-refractivity contribution >= 4 is 23.5 Å². The Hall–Kier alpha value is -2.66. The largest absolute Gasteiger partial charge is 0.481 e. The predicted molar refractivity (Wildman–Crippen MR) is 142 cm³/mol. The average Bonchev–Trinajstić information content (AvgIpc) is 3.30. The number of aliphatic hydroxyl groups is 1. The number of benzene rings is 1. The Kier molecular flexibility index (Phi) is 7.46. The number of carboxylic acids is 1. The maximum absolute atomic E-state index is 14.6. The number of carboxylic acid groups (broad SMARTS) is 1. The van der Waals surface area contributed by atoms with Crippen molar-refractivity contribution in [3.63, 3.8) is 0 Å². The van der Waals surface area contributed by atoms with Gasteiger partial charge in [-0.3, -0.25) is 14.3 Å². The fourth-order valence-corrected chi connectivity index (χ4v) is 7.45. The average molecular weight is 600 g/mol. The number of alkyl halides is 3. The Labute approximate surface area is 240 Å². The molecule has 3 aliphatic carbocycles. The van der Waals surface area contributed by atoms with Crippen LogP contribution in [0.4, 0.5) is 17.6 Å². The van der Waals surface area contributed by atoms with Gasteiger partial charge < -0.3 is 15.1 Å². The molecule has 4 atom stereocenters. The van der Waals surface area contributed by atoms with E-state index in [-0.39, 0.29) is 41.7 Å². The summed E-state index contributed by atoms with van der Waals surface area (Å²) in [5.41, 5.74) is -3.01. The van der Waals surface area contributed by atoms with Gasteiger partial charge in [-0.05, 0) is 74.8 Å². The molecule has 3 aliphatic rings. The van der Waals surface area contributed by atoms with Gasteiger partial charge in [0, 0.05) is 16.6 Å². The molecule has 1 aromatic carbocycles. The van der Waals surface area contributed by atoms with Crippen molar-refractivity contribution < 1.29 is 37.4 Å². The van der Waals surface area contributed by atoms with E-state index in [1.165, 1.54) is 17.0 Å². The van der Waals surface area contributed by atoms with Crippen molar-refractivity contribution in [3.8, 4) is 0 Å². The van der Waals surface area contributed by atoms with Gasteiger partial charge in [-0.1, -0.05) is 31.5 Å². The summed E-state index contributed by atoms with van der Waals surface area (Å²) in [4.78, 5) is 26.8. The van der Waals surface area contributed by atoms with Crippen LogP contribution in [0.1, 0.15) is 93.1 Å². The molecule has 2 aromatic rings. The molecule has 41 heavy (non-hydrogen) atoms. The molecule has 0 saturated heterocycles. The third-order valence-corrected chi connectivity index (χ3v) is 10.3. The summed E-state index contributed by atoms with van der Waals surface area (Å²) in [5.74, 6) is -2.11. The van der Waals surface area contributed by atoms with Gasteiger partial charge in [-0.15, -0.1) is 0 Å². The number of rotatable bonds is 7. The molecule has 0 spiro atoms. The van der Waals surface area contributed by atoms with Crippen molar-refractivity contribution in [1.29, 1.82) is 0 Å². The third-order valence-electron chi connectivity index (χ3n) is 9.96. The fraction of sp³-hybridized carbons (Fsp3) is 0.621. The Morgan fingerprint density at radius 2 is 1.78 bits per heavy atom. The smallest absolute Gasteiger partial charge is 0.433 e. The maximum Gasteiger partial charge on any atom is 0.433 e. The number of aromatic nitrogens is 2. The van der Waals surface area contributed by atoms with E-state index in [1.54, 1.807) is 6.92 Å². The molecule has 1 aromatic heterocycles. The lowest BCUT2D eigenvalue weighted by Crippen LogP contribution is -2.43. The van der Waals surface area contributed by atoms with E-state index in [0.29, 0.717) is 24.7 Å². The van der Waals surface area contributed by atoms with Crippen LogP contribution in [0, 0.1) is 28.5 Å². The van der Waals surface area contributed by atoms with Crippen LogP contribution in [-0.4, -0.2) is 49.4 Å². The van der Waals surface area contributed by atoms with Gasteiger partial charge in [0.05, 0.1) is 29.8 Å². The third kappa shape index (κ3) is 5.24. The number of nitrogens with zero attached hydrogens (tertiary/aromatic N) is 3. The molecule has 3 saturated carbocycles. The molecule has 5 rings (SSSR count). The van der Waals surface area contributed by atoms with Gasteiger partial charge in [0.25, 0.3) is 5.91 Å². The quantitative estimate of drug-likeness (QED) is 0.354. The predicted octanol–water partition coefficient (Wildman–Crippen LogP) is 6.51. The fourth-order valence-electron chi connectivity index (χ4n) is 7.17. The van der Waals surface area contributed by atoms with Crippen molar-refractivity contribution in [3.05, 3.63) is 52.1 Å².